The van der Waals surface area contributed by atoms with Crippen LogP contribution in [0.1, 0.15) is 19.3 Å². The highest BCUT2D eigenvalue weighted by atomic mass is 16.6. The zero-order valence-corrected chi connectivity index (χ0v) is 21.8. The lowest BCUT2D eigenvalue weighted by atomic mass is 9.96. The summed E-state index contributed by atoms with van der Waals surface area (Å²) in [5, 5.41) is 16.5. The third kappa shape index (κ3) is 4.01. The Morgan fingerprint density at radius 2 is 1.97 bits per heavy atom. The molecule has 10 nitrogen and oxygen atoms in total. The van der Waals surface area contributed by atoms with Gasteiger partial charge in [0, 0.05) is 66.7 Å². The largest absolute Gasteiger partial charge is 0.494 e. The Kier molecular flexibility index (Phi) is 5.91. The highest BCUT2D eigenvalue weighted by Gasteiger charge is 2.45. The van der Waals surface area contributed by atoms with Gasteiger partial charge in [0.2, 0.25) is 5.95 Å². The molecule has 196 valence electrons. The van der Waals surface area contributed by atoms with Crippen LogP contribution in [0.25, 0.3) is 22.2 Å². The van der Waals surface area contributed by atoms with Crippen LogP contribution in [-0.2, 0) is 7.05 Å². The predicted octanol–water partition coefficient (Wildman–Crippen LogP) is 4.97. The highest BCUT2D eigenvalue weighted by molar-refractivity contribution is 5.95. The number of ether oxygens (including phenoxy) is 1. The standard InChI is InChI=1S/C28H31N7O3/c1-32-17-20(19-7-4-5-8-23(19)32)21-9-12-29-27(30-21)31-22-15-25(35(36)37)24(16-26(22)38-3)34-14-11-28(18-34)10-6-13-33(28)2/h4-5,7-9,12,15-17H,6,10-11,13-14,18H2,1-3H3,(H,29,30,31). The van der Waals surface area contributed by atoms with Crippen molar-refractivity contribution in [1.82, 2.24) is 19.4 Å². The number of benzene rings is 2. The summed E-state index contributed by atoms with van der Waals surface area (Å²) in [5.74, 6) is 0.842. The van der Waals surface area contributed by atoms with Gasteiger partial charge in [-0.1, -0.05) is 18.2 Å². The van der Waals surface area contributed by atoms with Crippen molar-refractivity contribution in [2.75, 3.05) is 44.0 Å². The second kappa shape index (κ2) is 9.29. The third-order valence-electron chi connectivity index (χ3n) is 8.19. The van der Waals surface area contributed by atoms with E-state index in [0.29, 0.717) is 23.1 Å². The smallest absolute Gasteiger partial charge is 0.294 e. The van der Waals surface area contributed by atoms with Crippen LogP contribution in [0, 0.1) is 10.1 Å². The van der Waals surface area contributed by atoms with E-state index in [4.69, 9.17) is 9.72 Å². The first-order valence-electron chi connectivity index (χ1n) is 12.9. The van der Waals surface area contributed by atoms with Gasteiger partial charge in [-0.05, 0) is 45.0 Å². The van der Waals surface area contributed by atoms with Gasteiger partial charge in [-0.3, -0.25) is 15.0 Å². The summed E-state index contributed by atoms with van der Waals surface area (Å²) >= 11 is 0. The van der Waals surface area contributed by atoms with Crippen molar-refractivity contribution in [2.24, 2.45) is 7.05 Å². The summed E-state index contributed by atoms with van der Waals surface area (Å²) in [6.45, 7) is 2.62. The lowest BCUT2D eigenvalue weighted by Crippen LogP contribution is -2.43. The molecule has 2 aliphatic rings. The Morgan fingerprint density at radius 3 is 2.74 bits per heavy atom. The Bertz CT molecular complexity index is 1530. The number of likely N-dealkylation sites (N-methyl/N-ethyl adjacent to an activating group) is 1. The predicted molar refractivity (Wildman–Crippen MR) is 148 cm³/mol. The summed E-state index contributed by atoms with van der Waals surface area (Å²) < 4.78 is 7.75. The third-order valence-corrected chi connectivity index (χ3v) is 8.19. The SMILES string of the molecule is COc1cc(N2CCC3(CCCN3C)C2)c([N+](=O)[O-])cc1Nc1nccc(-c2cn(C)c3ccccc23)n1. The zero-order valence-electron chi connectivity index (χ0n) is 21.8. The maximum absolute atomic E-state index is 12.2. The van der Waals surface area contributed by atoms with E-state index in [1.54, 1.807) is 19.4 Å². The first-order chi connectivity index (χ1) is 18.4. The molecule has 0 amide bonds. The van der Waals surface area contributed by atoms with Crippen molar-refractivity contribution in [3.63, 3.8) is 0 Å². The summed E-state index contributed by atoms with van der Waals surface area (Å²) in [4.78, 5) is 25.5. The Labute approximate surface area is 221 Å². The van der Waals surface area contributed by atoms with Crippen molar-refractivity contribution < 1.29 is 9.66 Å². The molecule has 38 heavy (non-hydrogen) atoms. The number of nitro benzene ring substituents is 1. The van der Waals surface area contributed by atoms with Crippen LogP contribution in [0.4, 0.5) is 23.0 Å². The second-order valence-corrected chi connectivity index (χ2v) is 10.3. The van der Waals surface area contributed by atoms with E-state index in [2.05, 4.69) is 43.8 Å². The number of rotatable bonds is 6. The molecule has 4 aromatic rings. The number of aryl methyl sites for hydroxylation is 1. The topological polar surface area (TPSA) is 102 Å². The number of likely N-dealkylation sites (tertiary alicyclic amines) is 1. The van der Waals surface area contributed by atoms with Gasteiger partial charge in [0.05, 0.1) is 23.4 Å². The number of hydrogen-bond donors (Lipinski definition) is 1. The number of methoxy groups -OCH3 is 1. The molecule has 10 heteroatoms. The lowest BCUT2D eigenvalue weighted by Gasteiger charge is -2.32. The summed E-state index contributed by atoms with van der Waals surface area (Å²) in [6, 6.07) is 13.3. The maximum atomic E-state index is 12.2. The van der Waals surface area contributed by atoms with Gasteiger partial charge in [0.25, 0.3) is 5.69 Å². The first kappa shape index (κ1) is 24.2. The molecule has 4 heterocycles. The van der Waals surface area contributed by atoms with Crippen LogP contribution >= 0.6 is 0 Å². The molecule has 1 unspecified atom stereocenters. The molecule has 2 aromatic carbocycles. The molecule has 1 spiro atoms. The molecule has 1 atom stereocenters. The minimum Gasteiger partial charge on any atom is -0.494 e. The molecule has 0 bridgehead atoms. The Balaban J connectivity index is 1.34. The Morgan fingerprint density at radius 1 is 1.13 bits per heavy atom. The number of anilines is 3. The van der Waals surface area contributed by atoms with Gasteiger partial charge >= 0.3 is 0 Å². The van der Waals surface area contributed by atoms with Crippen molar-refractivity contribution in [2.45, 2.75) is 24.8 Å². The van der Waals surface area contributed by atoms with E-state index >= 15 is 0 Å². The van der Waals surface area contributed by atoms with E-state index in [0.717, 1.165) is 61.1 Å². The molecule has 1 N–H and O–H groups in total. The number of hydrogen-bond acceptors (Lipinski definition) is 8. The second-order valence-electron chi connectivity index (χ2n) is 10.3. The minimum atomic E-state index is -0.323. The van der Waals surface area contributed by atoms with Gasteiger partial charge in [0.1, 0.15) is 11.4 Å². The lowest BCUT2D eigenvalue weighted by molar-refractivity contribution is -0.384. The molecule has 6 rings (SSSR count). The number of para-hydroxylation sites is 1. The molecule has 2 aromatic heterocycles. The molecule has 2 saturated heterocycles. The molecule has 0 radical (unpaired) electrons. The van der Waals surface area contributed by atoms with Crippen LogP contribution in [0.5, 0.6) is 5.75 Å². The van der Waals surface area contributed by atoms with Crippen molar-refractivity contribution >= 4 is 33.9 Å². The monoisotopic (exact) mass is 513 g/mol. The van der Waals surface area contributed by atoms with E-state index in [1.165, 1.54) is 6.07 Å². The van der Waals surface area contributed by atoms with Crippen LogP contribution in [0.15, 0.2) is 54.9 Å². The fourth-order valence-corrected chi connectivity index (χ4v) is 6.11. The summed E-state index contributed by atoms with van der Waals surface area (Å²) in [5.41, 5.74) is 4.01. The fourth-order valence-electron chi connectivity index (χ4n) is 6.11. The Hall–Kier alpha value is -4.18. The van der Waals surface area contributed by atoms with Crippen LogP contribution in [0.3, 0.4) is 0 Å². The van der Waals surface area contributed by atoms with Gasteiger partial charge < -0.3 is 19.5 Å². The van der Waals surface area contributed by atoms with Gasteiger partial charge in [0.15, 0.2) is 0 Å². The first-order valence-corrected chi connectivity index (χ1v) is 12.9. The quantitative estimate of drug-likeness (QED) is 0.285. The average Bonchev–Trinajstić information content (AvgIpc) is 3.62. The number of nitrogens with one attached hydrogen (secondary N) is 1. The van der Waals surface area contributed by atoms with Crippen molar-refractivity contribution in [3.05, 3.63) is 65.0 Å². The van der Waals surface area contributed by atoms with E-state index in [9.17, 15) is 10.1 Å². The highest BCUT2D eigenvalue weighted by Crippen LogP contribution is 2.44. The number of aromatic nitrogens is 3. The summed E-state index contributed by atoms with van der Waals surface area (Å²) in [7, 11) is 5.73. The molecule has 2 fully saturated rings. The number of nitrogens with zero attached hydrogens (tertiary/aromatic N) is 6. The summed E-state index contributed by atoms with van der Waals surface area (Å²) in [6.07, 6.45) is 7.01. The van der Waals surface area contributed by atoms with Gasteiger partial charge in [-0.15, -0.1) is 0 Å². The van der Waals surface area contributed by atoms with E-state index < -0.39 is 0 Å². The van der Waals surface area contributed by atoms with Crippen LogP contribution in [-0.4, -0.2) is 63.7 Å². The zero-order chi connectivity index (χ0) is 26.4. The fraction of sp³-hybridized carbons (Fsp3) is 0.357. The van der Waals surface area contributed by atoms with Crippen LogP contribution < -0.4 is 15.0 Å². The average molecular weight is 514 g/mol. The molecule has 0 saturated carbocycles. The number of nitro groups is 1. The maximum Gasteiger partial charge on any atom is 0.294 e. The minimum absolute atomic E-state index is 0.0382. The van der Waals surface area contributed by atoms with E-state index in [1.807, 2.05) is 31.4 Å². The van der Waals surface area contributed by atoms with E-state index in [-0.39, 0.29) is 16.1 Å². The molecule has 0 aliphatic carbocycles. The molecule has 2 aliphatic heterocycles. The number of fused-ring (bicyclic) bond motifs is 1. The van der Waals surface area contributed by atoms with Gasteiger partial charge in [-0.2, -0.15) is 0 Å². The molecular formula is C28H31N7O3. The van der Waals surface area contributed by atoms with Crippen molar-refractivity contribution in [3.8, 4) is 17.0 Å². The normalized spacial score (nSPS) is 19.5. The van der Waals surface area contributed by atoms with Crippen molar-refractivity contribution in [1.29, 1.82) is 0 Å². The molecular weight excluding hydrogens is 482 g/mol. The van der Waals surface area contributed by atoms with Crippen LogP contribution in [0.2, 0.25) is 0 Å². The van der Waals surface area contributed by atoms with Gasteiger partial charge in [-0.25, -0.2) is 9.97 Å².